The largest absolute Gasteiger partial charge is 0.481 e. The number of nitrogens with one attached hydrogen (secondary N) is 2. The van der Waals surface area contributed by atoms with Gasteiger partial charge in [-0.1, -0.05) is 5.92 Å². The molecule has 0 bridgehead atoms. The number of rotatable bonds is 5. The van der Waals surface area contributed by atoms with Crippen LogP contribution in [0.4, 0.5) is 5.95 Å². The predicted octanol–water partition coefficient (Wildman–Crippen LogP) is 1.55. The van der Waals surface area contributed by atoms with Crippen molar-refractivity contribution < 1.29 is 9.53 Å². The number of ether oxygens (including phenoxy) is 1. The first-order chi connectivity index (χ1) is 12.2. The van der Waals surface area contributed by atoms with Crippen LogP contribution in [0.25, 0.3) is 0 Å². The van der Waals surface area contributed by atoms with Crippen molar-refractivity contribution in [3.8, 4) is 18.1 Å². The van der Waals surface area contributed by atoms with Gasteiger partial charge in [-0.3, -0.25) is 10.1 Å². The number of terminal acetylenes is 1. The Balaban J connectivity index is 1.66. The second-order valence-corrected chi connectivity index (χ2v) is 5.91. The summed E-state index contributed by atoms with van der Waals surface area (Å²) in [6, 6.07) is 6.79. The quantitative estimate of drug-likeness (QED) is 0.808. The standard InChI is InChI=1S/C18H21N5O2/c1-3-12-25-15-6-4-14(5-7-15)17(24)21-18-20-16(22-23(18)2)13-8-10-19-11-9-13/h1,4-7,13,19H,8-12H2,2H3,(H,20,21,22,24). The van der Waals surface area contributed by atoms with Gasteiger partial charge >= 0.3 is 0 Å². The molecule has 0 spiro atoms. The Hall–Kier alpha value is -2.85. The fourth-order valence-corrected chi connectivity index (χ4v) is 2.77. The average molecular weight is 339 g/mol. The highest BCUT2D eigenvalue weighted by Gasteiger charge is 2.21. The van der Waals surface area contributed by atoms with Crippen molar-refractivity contribution >= 4 is 11.9 Å². The fourth-order valence-electron chi connectivity index (χ4n) is 2.77. The van der Waals surface area contributed by atoms with Crippen molar-refractivity contribution in [2.75, 3.05) is 25.0 Å². The average Bonchev–Trinajstić information content (AvgIpc) is 3.01. The van der Waals surface area contributed by atoms with Gasteiger partial charge in [0.2, 0.25) is 5.95 Å². The Labute approximate surface area is 146 Å². The molecule has 1 aromatic heterocycles. The van der Waals surface area contributed by atoms with Gasteiger partial charge in [0, 0.05) is 18.5 Å². The lowest BCUT2D eigenvalue weighted by molar-refractivity contribution is 0.102. The van der Waals surface area contributed by atoms with Gasteiger partial charge < -0.3 is 10.1 Å². The normalized spacial score (nSPS) is 14.7. The number of hydrogen-bond donors (Lipinski definition) is 2. The molecule has 2 aromatic rings. The van der Waals surface area contributed by atoms with E-state index in [4.69, 9.17) is 11.2 Å². The molecule has 0 radical (unpaired) electrons. The van der Waals surface area contributed by atoms with Crippen LogP contribution in [0.1, 0.15) is 34.9 Å². The molecule has 0 unspecified atom stereocenters. The van der Waals surface area contributed by atoms with E-state index in [2.05, 4.69) is 26.6 Å². The van der Waals surface area contributed by atoms with Crippen molar-refractivity contribution in [3.63, 3.8) is 0 Å². The van der Waals surface area contributed by atoms with E-state index in [9.17, 15) is 4.79 Å². The summed E-state index contributed by atoms with van der Waals surface area (Å²) in [7, 11) is 1.78. The summed E-state index contributed by atoms with van der Waals surface area (Å²) in [5.74, 6) is 4.36. The van der Waals surface area contributed by atoms with Crippen molar-refractivity contribution in [2.24, 2.45) is 7.05 Å². The van der Waals surface area contributed by atoms with E-state index in [1.165, 1.54) is 0 Å². The van der Waals surface area contributed by atoms with Crippen LogP contribution in [0.5, 0.6) is 5.75 Å². The lowest BCUT2D eigenvalue weighted by Crippen LogP contribution is -2.27. The third-order valence-corrected chi connectivity index (χ3v) is 4.15. The van der Waals surface area contributed by atoms with Gasteiger partial charge in [-0.25, -0.2) is 4.68 Å². The van der Waals surface area contributed by atoms with E-state index < -0.39 is 0 Å². The van der Waals surface area contributed by atoms with Crippen molar-refractivity contribution in [1.29, 1.82) is 0 Å². The number of carbonyl (C=O) groups is 1. The predicted molar refractivity (Wildman–Crippen MR) is 94.6 cm³/mol. The lowest BCUT2D eigenvalue weighted by Gasteiger charge is -2.19. The molecular weight excluding hydrogens is 318 g/mol. The molecule has 25 heavy (non-hydrogen) atoms. The molecule has 1 aliphatic heterocycles. The molecule has 3 rings (SSSR count). The summed E-state index contributed by atoms with van der Waals surface area (Å²) in [5, 5.41) is 10.6. The molecular formula is C18H21N5O2. The molecule has 0 aliphatic carbocycles. The summed E-state index contributed by atoms with van der Waals surface area (Å²) in [4.78, 5) is 16.9. The minimum absolute atomic E-state index is 0.198. The van der Waals surface area contributed by atoms with Crippen molar-refractivity contribution in [1.82, 2.24) is 20.1 Å². The topological polar surface area (TPSA) is 81.1 Å². The van der Waals surface area contributed by atoms with Gasteiger partial charge in [0.1, 0.15) is 12.4 Å². The molecule has 2 N–H and O–H groups in total. The molecule has 7 heteroatoms. The van der Waals surface area contributed by atoms with E-state index in [-0.39, 0.29) is 12.5 Å². The molecule has 130 valence electrons. The van der Waals surface area contributed by atoms with Gasteiger partial charge in [-0.2, -0.15) is 10.1 Å². The van der Waals surface area contributed by atoms with Gasteiger partial charge in [-0.15, -0.1) is 6.42 Å². The maximum absolute atomic E-state index is 12.4. The van der Waals surface area contributed by atoms with E-state index in [0.29, 0.717) is 23.2 Å². The van der Waals surface area contributed by atoms with E-state index in [0.717, 1.165) is 31.8 Å². The van der Waals surface area contributed by atoms with E-state index in [1.54, 1.807) is 36.0 Å². The third kappa shape index (κ3) is 4.17. The molecule has 0 atom stereocenters. The number of carbonyl (C=O) groups excluding carboxylic acids is 1. The number of aryl methyl sites for hydroxylation is 1. The van der Waals surface area contributed by atoms with Crippen molar-refractivity contribution in [2.45, 2.75) is 18.8 Å². The van der Waals surface area contributed by atoms with E-state index >= 15 is 0 Å². The van der Waals surface area contributed by atoms with Gasteiger partial charge in [0.05, 0.1) is 0 Å². The molecule has 1 aliphatic rings. The second kappa shape index (κ2) is 7.81. The smallest absolute Gasteiger partial charge is 0.258 e. The third-order valence-electron chi connectivity index (χ3n) is 4.15. The van der Waals surface area contributed by atoms with Crippen LogP contribution in [0.2, 0.25) is 0 Å². The summed E-state index contributed by atoms with van der Waals surface area (Å²) >= 11 is 0. The zero-order valence-corrected chi connectivity index (χ0v) is 14.2. The number of hydrogen-bond acceptors (Lipinski definition) is 5. The van der Waals surface area contributed by atoms with Gasteiger partial charge in [0.25, 0.3) is 5.91 Å². The van der Waals surface area contributed by atoms with Crippen LogP contribution in [0, 0.1) is 12.3 Å². The maximum Gasteiger partial charge on any atom is 0.258 e. The van der Waals surface area contributed by atoms with Crippen LogP contribution in [0.15, 0.2) is 24.3 Å². The Morgan fingerprint density at radius 1 is 1.40 bits per heavy atom. The Kier molecular flexibility index (Phi) is 5.31. The first kappa shape index (κ1) is 17.0. The molecule has 1 saturated heterocycles. The monoisotopic (exact) mass is 339 g/mol. The SMILES string of the molecule is C#CCOc1ccc(C(=O)Nc2nc(C3CCNCC3)nn2C)cc1. The Morgan fingerprint density at radius 2 is 2.12 bits per heavy atom. The fraction of sp³-hybridized carbons (Fsp3) is 0.389. The van der Waals surface area contributed by atoms with Crippen molar-refractivity contribution in [3.05, 3.63) is 35.7 Å². The summed E-state index contributed by atoms with van der Waals surface area (Å²) in [6.07, 6.45) is 7.17. The first-order valence-corrected chi connectivity index (χ1v) is 8.26. The Morgan fingerprint density at radius 3 is 2.80 bits per heavy atom. The molecule has 0 saturated carbocycles. The highest BCUT2D eigenvalue weighted by molar-refractivity contribution is 6.03. The molecule has 7 nitrogen and oxygen atoms in total. The minimum Gasteiger partial charge on any atom is -0.481 e. The van der Waals surface area contributed by atoms with Crippen LogP contribution in [-0.2, 0) is 7.05 Å². The molecule has 1 amide bonds. The van der Waals surface area contributed by atoms with Crippen LogP contribution in [0.3, 0.4) is 0 Å². The molecule has 1 fully saturated rings. The zero-order valence-electron chi connectivity index (χ0n) is 14.2. The van der Waals surface area contributed by atoms with Gasteiger partial charge in [-0.05, 0) is 50.2 Å². The molecule has 1 aromatic carbocycles. The van der Waals surface area contributed by atoms with E-state index in [1.807, 2.05) is 0 Å². The number of benzene rings is 1. The number of amides is 1. The maximum atomic E-state index is 12.4. The summed E-state index contributed by atoms with van der Waals surface area (Å²) in [6.45, 7) is 2.14. The van der Waals surface area contributed by atoms with Crippen LogP contribution < -0.4 is 15.4 Å². The minimum atomic E-state index is -0.240. The second-order valence-electron chi connectivity index (χ2n) is 5.91. The van der Waals surface area contributed by atoms with Gasteiger partial charge in [0.15, 0.2) is 5.82 Å². The first-order valence-electron chi connectivity index (χ1n) is 8.26. The highest BCUT2D eigenvalue weighted by atomic mass is 16.5. The number of piperidine rings is 1. The number of anilines is 1. The number of aromatic nitrogens is 3. The zero-order chi connectivity index (χ0) is 17.6. The van der Waals surface area contributed by atoms with Crippen LogP contribution >= 0.6 is 0 Å². The van der Waals surface area contributed by atoms with Crippen LogP contribution in [-0.4, -0.2) is 40.4 Å². The Bertz CT molecular complexity index is 770. The summed E-state index contributed by atoms with van der Waals surface area (Å²) < 4.78 is 6.91. The lowest BCUT2D eigenvalue weighted by atomic mass is 9.98. The highest BCUT2D eigenvalue weighted by Crippen LogP contribution is 2.23. The molecule has 2 heterocycles. The number of nitrogens with zero attached hydrogens (tertiary/aromatic N) is 3. The summed E-state index contributed by atoms with van der Waals surface area (Å²) in [5.41, 5.74) is 0.513.